The minimum atomic E-state index is -4.67. The molecule has 32 heavy (non-hydrogen) atoms. The standard InChI is InChI=1S/C22H18F3N3O4/c23-22(24,25)16-7-2-1-5-14(16)19(30)26-10-12-4-3-6-13-15(12)11-28(21(13)32)17-8-9-18(29)27-20(17)31/h1-7,17H,8-11H2,(H,26,30)(H,27,29,31). The Kier molecular flexibility index (Phi) is 5.45. The van der Waals surface area contributed by atoms with Gasteiger partial charge in [-0.1, -0.05) is 24.3 Å². The van der Waals surface area contributed by atoms with Crippen LogP contribution in [0.1, 0.15) is 50.2 Å². The maximum Gasteiger partial charge on any atom is 0.417 e. The number of benzene rings is 2. The molecule has 0 aromatic heterocycles. The number of alkyl halides is 3. The van der Waals surface area contributed by atoms with Crippen LogP contribution in [0.4, 0.5) is 13.2 Å². The summed E-state index contributed by atoms with van der Waals surface area (Å²) in [6, 6.07) is 8.57. The van der Waals surface area contributed by atoms with Gasteiger partial charge in [0, 0.05) is 25.1 Å². The molecule has 0 bridgehead atoms. The molecule has 4 amide bonds. The molecule has 2 aromatic carbocycles. The molecule has 0 aliphatic carbocycles. The molecule has 0 spiro atoms. The number of nitrogens with zero attached hydrogens (tertiary/aromatic N) is 1. The Morgan fingerprint density at radius 2 is 1.84 bits per heavy atom. The van der Waals surface area contributed by atoms with Gasteiger partial charge in [0.05, 0.1) is 11.1 Å². The lowest BCUT2D eigenvalue weighted by Gasteiger charge is -2.29. The summed E-state index contributed by atoms with van der Waals surface area (Å²) in [5.74, 6) is -2.19. The Morgan fingerprint density at radius 3 is 2.56 bits per heavy atom. The molecule has 1 fully saturated rings. The smallest absolute Gasteiger partial charge is 0.348 e. The molecule has 10 heteroatoms. The first-order valence-corrected chi connectivity index (χ1v) is 9.86. The highest BCUT2D eigenvalue weighted by atomic mass is 19.4. The number of piperidine rings is 1. The van der Waals surface area contributed by atoms with Gasteiger partial charge in [-0.15, -0.1) is 0 Å². The van der Waals surface area contributed by atoms with Crippen molar-refractivity contribution in [1.82, 2.24) is 15.5 Å². The monoisotopic (exact) mass is 445 g/mol. The van der Waals surface area contributed by atoms with E-state index >= 15 is 0 Å². The Balaban J connectivity index is 1.52. The van der Waals surface area contributed by atoms with Crippen LogP contribution < -0.4 is 10.6 Å². The molecule has 2 heterocycles. The van der Waals surface area contributed by atoms with Gasteiger partial charge in [0.25, 0.3) is 11.8 Å². The van der Waals surface area contributed by atoms with Crippen LogP contribution in [0.25, 0.3) is 0 Å². The second-order valence-electron chi connectivity index (χ2n) is 7.57. The van der Waals surface area contributed by atoms with E-state index in [9.17, 15) is 32.3 Å². The van der Waals surface area contributed by atoms with Crippen LogP contribution in [0.3, 0.4) is 0 Å². The molecule has 1 atom stereocenters. The topological polar surface area (TPSA) is 95.6 Å². The van der Waals surface area contributed by atoms with Crippen molar-refractivity contribution in [3.63, 3.8) is 0 Å². The molecule has 2 aliphatic heterocycles. The van der Waals surface area contributed by atoms with Crippen molar-refractivity contribution >= 4 is 23.6 Å². The van der Waals surface area contributed by atoms with E-state index in [-0.39, 0.29) is 31.8 Å². The van der Waals surface area contributed by atoms with Crippen molar-refractivity contribution in [2.24, 2.45) is 0 Å². The lowest BCUT2D eigenvalue weighted by molar-refractivity contribution is -0.138. The van der Waals surface area contributed by atoms with Gasteiger partial charge in [0.15, 0.2) is 0 Å². The Labute approximate surface area is 180 Å². The summed E-state index contributed by atoms with van der Waals surface area (Å²) in [6.07, 6.45) is -4.33. The van der Waals surface area contributed by atoms with Crippen LogP contribution in [-0.4, -0.2) is 34.6 Å². The highest BCUT2D eigenvalue weighted by molar-refractivity contribution is 6.05. The largest absolute Gasteiger partial charge is 0.417 e. The fourth-order valence-electron chi connectivity index (χ4n) is 4.01. The van der Waals surface area contributed by atoms with E-state index in [2.05, 4.69) is 10.6 Å². The second-order valence-corrected chi connectivity index (χ2v) is 7.57. The average Bonchev–Trinajstić information content (AvgIpc) is 3.08. The molecule has 2 aromatic rings. The van der Waals surface area contributed by atoms with E-state index < -0.39 is 41.1 Å². The number of hydrogen-bond acceptors (Lipinski definition) is 4. The van der Waals surface area contributed by atoms with Gasteiger partial charge in [-0.3, -0.25) is 24.5 Å². The van der Waals surface area contributed by atoms with Gasteiger partial charge in [-0.25, -0.2) is 0 Å². The number of fused-ring (bicyclic) bond motifs is 1. The number of halogens is 3. The summed E-state index contributed by atoms with van der Waals surface area (Å²) in [5, 5.41) is 4.71. The maximum atomic E-state index is 13.2. The SMILES string of the molecule is O=C1CCC(N2Cc3c(CNC(=O)c4ccccc4C(F)(F)F)cccc3C2=O)C(=O)N1. The quantitative estimate of drug-likeness (QED) is 0.707. The van der Waals surface area contributed by atoms with E-state index in [1.807, 2.05) is 0 Å². The van der Waals surface area contributed by atoms with Gasteiger partial charge in [-0.05, 0) is 35.7 Å². The van der Waals surface area contributed by atoms with Crippen molar-refractivity contribution in [2.75, 3.05) is 0 Å². The first-order chi connectivity index (χ1) is 15.2. The Hall–Kier alpha value is -3.69. The summed E-state index contributed by atoms with van der Waals surface area (Å²) < 4.78 is 39.6. The summed E-state index contributed by atoms with van der Waals surface area (Å²) in [4.78, 5) is 50.2. The lowest BCUT2D eigenvalue weighted by Crippen LogP contribution is -2.52. The van der Waals surface area contributed by atoms with Crippen molar-refractivity contribution in [3.05, 3.63) is 70.3 Å². The van der Waals surface area contributed by atoms with E-state index in [1.165, 1.54) is 17.0 Å². The zero-order valence-corrected chi connectivity index (χ0v) is 16.7. The summed E-state index contributed by atoms with van der Waals surface area (Å²) in [5.41, 5.74) is -0.0175. The summed E-state index contributed by atoms with van der Waals surface area (Å²) in [7, 11) is 0. The van der Waals surface area contributed by atoms with E-state index in [0.29, 0.717) is 16.7 Å². The predicted molar refractivity (Wildman–Crippen MR) is 105 cm³/mol. The third kappa shape index (κ3) is 3.95. The first-order valence-electron chi connectivity index (χ1n) is 9.86. The average molecular weight is 445 g/mol. The number of carbonyl (C=O) groups excluding carboxylic acids is 4. The summed E-state index contributed by atoms with van der Waals surface area (Å²) in [6.45, 7) is 0.0102. The van der Waals surface area contributed by atoms with Crippen LogP contribution >= 0.6 is 0 Å². The number of imide groups is 1. The molecule has 2 aliphatic rings. The minimum absolute atomic E-state index is 0.0926. The third-order valence-corrected chi connectivity index (χ3v) is 5.60. The third-order valence-electron chi connectivity index (χ3n) is 5.60. The van der Waals surface area contributed by atoms with E-state index in [4.69, 9.17) is 0 Å². The molecular weight excluding hydrogens is 427 g/mol. The molecule has 1 unspecified atom stereocenters. The normalized spacial score (nSPS) is 18.4. The molecule has 166 valence electrons. The maximum absolute atomic E-state index is 13.2. The highest BCUT2D eigenvalue weighted by Crippen LogP contribution is 2.32. The van der Waals surface area contributed by atoms with Crippen LogP contribution in [0.15, 0.2) is 42.5 Å². The summed E-state index contributed by atoms with van der Waals surface area (Å²) >= 11 is 0. The Bertz CT molecular complexity index is 1130. The molecule has 4 rings (SSSR count). The van der Waals surface area contributed by atoms with Crippen LogP contribution in [0.2, 0.25) is 0 Å². The number of amides is 4. The minimum Gasteiger partial charge on any atom is -0.348 e. The zero-order chi connectivity index (χ0) is 23.0. The number of nitrogens with one attached hydrogen (secondary N) is 2. The zero-order valence-electron chi connectivity index (χ0n) is 16.7. The number of carbonyl (C=O) groups is 4. The lowest BCUT2D eigenvalue weighted by atomic mass is 10.0. The van der Waals surface area contributed by atoms with Gasteiger partial charge < -0.3 is 10.2 Å². The van der Waals surface area contributed by atoms with Crippen molar-refractivity contribution < 1.29 is 32.3 Å². The Morgan fingerprint density at radius 1 is 1.09 bits per heavy atom. The predicted octanol–water partition coefficient (Wildman–Crippen LogP) is 2.40. The van der Waals surface area contributed by atoms with Gasteiger partial charge in [0.2, 0.25) is 11.8 Å². The van der Waals surface area contributed by atoms with Crippen molar-refractivity contribution in [2.45, 2.75) is 38.1 Å². The number of rotatable bonds is 4. The number of hydrogen-bond donors (Lipinski definition) is 2. The van der Waals surface area contributed by atoms with Crippen LogP contribution in [0.5, 0.6) is 0 Å². The molecular formula is C22H18F3N3O4. The van der Waals surface area contributed by atoms with E-state index in [0.717, 1.165) is 12.1 Å². The highest BCUT2D eigenvalue weighted by Gasteiger charge is 2.40. The van der Waals surface area contributed by atoms with Crippen molar-refractivity contribution in [1.29, 1.82) is 0 Å². The molecule has 7 nitrogen and oxygen atoms in total. The van der Waals surface area contributed by atoms with Gasteiger partial charge >= 0.3 is 6.18 Å². The fraction of sp³-hybridized carbons (Fsp3) is 0.273. The van der Waals surface area contributed by atoms with Crippen molar-refractivity contribution in [3.8, 4) is 0 Å². The van der Waals surface area contributed by atoms with Gasteiger partial charge in [0.1, 0.15) is 6.04 Å². The van der Waals surface area contributed by atoms with Gasteiger partial charge in [-0.2, -0.15) is 13.2 Å². The first kappa shape index (κ1) is 21.5. The molecule has 0 radical (unpaired) electrons. The molecule has 1 saturated heterocycles. The molecule has 0 saturated carbocycles. The van der Waals surface area contributed by atoms with E-state index in [1.54, 1.807) is 18.2 Å². The van der Waals surface area contributed by atoms with Crippen LogP contribution in [0, 0.1) is 0 Å². The molecule has 2 N–H and O–H groups in total. The fourth-order valence-corrected chi connectivity index (χ4v) is 4.01. The van der Waals surface area contributed by atoms with Crippen LogP contribution in [-0.2, 0) is 28.9 Å². The second kappa shape index (κ2) is 8.10.